The molecule has 1 unspecified atom stereocenters. The van der Waals surface area contributed by atoms with Gasteiger partial charge in [0.2, 0.25) is 0 Å². The van der Waals surface area contributed by atoms with Crippen molar-refractivity contribution in [2.45, 2.75) is 25.1 Å². The maximum atomic E-state index is 14.2. The summed E-state index contributed by atoms with van der Waals surface area (Å²) in [6.45, 7) is 0.408. The molecule has 0 aliphatic carbocycles. The van der Waals surface area contributed by atoms with E-state index in [0.29, 0.717) is 19.1 Å². The first-order chi connectivity index (χ1) is 14.6. The quantitative estimate of drug-likeness (QED) is 0.242. The highest BCUT2D eigenvalue weighted by Gasteiger charge is 2.33. The molecular weight excluding hydrogens is 450 g/mol. The van der Waals surface area contributed by atoms with Crippen molar-refractivity contribution in [2.75, 3.05) is 13.2 Å². The average molecular weight is 464 g/mol. The van der Waals surface area contributed by atoms with Gasteiger partial charge in [0.1, 0.15) is 17.9 Å². The summed E-state index contributed by atoms with van der Waals surface area (Å²) >= 11 is 5.72. The largest absolute Gasteiger partial charge is 0.459 e. The van der Waals surface area contributed by atoms with E-state index >= 15 is 0 Å². The van der Waals surface area contributed by atoms with Crippen LogP contribution < -0.4 is 4.74 Å². The van der Waals surface area contributed by atoms with E-state index in [0.717, 1.165) is 24.6 Å². The molecule has 0 aromatic heterocycles. The van der Waals surface area contributed by atoms with Crippen molar-refractivity contribution in [3.8, 4) is 11.5 Å². The van der Waals surface area contributed by atoms with Crippen LogP contribution in [0.3, 0.4) is 0 Å². The normalized spacial score (nSPS) is 16.2. The lowest BCUT2D eigenvalue weighted by molar-refractivity contribution is -0.385. The Morgan fingerprint density at radius 3 is 2.61 bits per heavy atom. The van der Waals surface area contributed by atoms with Gasteiger partial charge in [-0.1, -0.05) is 11.6 Å². The number of nitro benzene ring substituents is 1. The number of hydrogen-bond donors (Lipinski definition) is 0. The molecule has 0 N–H and O–H groups in total. The van der Waals surface area contributed by atoms with E-state index in [4.69, 9.17) is 25.8 Å². The summed E-state index contributed by atoms with van der Waals surface area (Å²) in [6.07, 6.45) is -3.67. The van der Waals surface area contributed by atoms with E-state index < -0.39 is 50.5 Å². The second-order valence-corrected chi connectivity index (χ2v) is 6.95. The Labute approximate surface area is 177 Å². The predicted octanol–water partition coefficient (Wildman–Crippen LogP) is 5.53. The van der Waals surface area contributed by atoms with Crippen LogP contribution in [0.1, 0.15) is 28.8 Å². The highest BCUT2D eigenvalue weighted by molar-refractivity contribution is 6.32. The van der Waals surface area contributed by atoms with Crippen molar-refractivity contribution >= 4 is 23.3 Å². The molecule has 2 aromatic carbocycles. The number of nitro groups is 1. The smallest absolute Gasteiger partial charge is 0.416 e. The van der Waals surface area contributed by atoms with Crippen molar-refractivity contribution in [3.63, 3.8) is 0 Å². The molecule has 12 heteroatoms. The summed E-state index contributed by atoms with van der Waals surface area (Å²) in [6, 6.07) is 3.56. The molecule has 0 bridgehead atoms. The number of halogens is 5. The highest BCUT2D eigenvalue weighted by atomic mass is 35.5. The van der Waals surface area contributed by atoms with Crippen LogP contribution in [-0.2, 0) is 15.7 Å². The molecule has 7 nitrogen and oxygen atoms in total. The number of alkyl halides is 3. The topological polar surface area (TPSA) is 87.9 Å². The predicted molar refractivity (Wildman–Crippen MR) is 98.8 cm³/mol. The third kappa shape index (κ3) is 5.42. The maximum absolute atomic E-state index is 14.2. The lowest BCUT2D eigenvalue weighted by Crippen LogP contribution is -2.18. The summed E-state index contributed by atoms with van der Waals surface area (Å²) in [4.78, 5) is 22.8. The summed E-state index contributed by atoms with van der Waals surface area (Å²) in [5.41, 5.74) is -2.39. The van der Waals surface area contributed by atoms with Crippen LogP contribution in [0.5, 0.6) is 11.5 Å². The molecule has 166 valence electrons. The molecule has 2 aromatic rings. The van der Waals surface area contributed by atoms with Crippen LogP contribution in [0.25, 0.3) is 0 Å². The molecule has 3 rings (SSSR count). The van der Waals surface area contributed by atoms with Gasteiger partial charge < -0.3 is 14.2 Å². The lowest BCUT2D eigenvalue weighted by atomic mass is 10.1. The van der Waals surface area contributed by atoms with Crippen molar-refractivity contribution in [1.29, 1.82) is 0 Å². The van der Waals surface area contributed by atoms with Gasteiger partial charge in [0.25, 0.3) is 5.69 Å². The molecule has 0 spiro atoms. The minimum atomic E-state index is -4.82. The van der Waals surface area contributed by atoms with Crippen LogP contribution in [0.2, 0.25) is 5.02 Å². The second-order valence-electron chi connectivity index (χ2n) is 6.54. The van der Waals surface area contributed by atoms with E-state index in [1.54, 1.807) is 0 Å². The Balaban J connectivity index is 1.86. The first kappa shape index (κ1) is 22.8. The first-order valence-corrected chi connectivity index (χ1v) is 9.25. The van der Waals surface area contributed by atoms with Gasteiger partial charge in [0, 0.05) is 18.7 Å². The van der Waals surface area contributed by atoms with Gasteiger partial charge in [-0.05, 0) is 31.0 Å². The number of esters is 1. The zero-order chi connectivity index (χ0) is 22.8. The van der Waals surface area contributed by atoms with Gasteiger partial charge in [-0.25, -0.2) is 9.18 Å². The van der Waals surface area contributed by atoms with Crippen LogP contribution >= 0.6 is 11.6 Å². The van der Waals surface area contributed by atoms with Crippen molar-refractivity contribution in [2.24, 2.45) is 0 Å². The van der Waals surface area contributed by atoms with Crippen LogP contribution in [0.4, 0.5) is 23.2 Å². The van der Waals surface area contributed by atoms with Crippen LogP contribution in [-0.4, -0.2) is 30.2 Å². The number of benzene rings is 2. The molecule has 1 aliphatic rings. The Morgan fingerprint density at radius 2 is 2.03 bits per heavy atom. The minimum absolute atomic E-state index is 0.111. The third-order valence-electron chi connectivity index (χ3n) is 4.35. The van der Waals surface area contributed by atoms with Gasteiger partial charge >= 0.3 is 12.1 Å². The maximum Gasteiger partial charge on any atom is 0.416 e. The molecule has 1 aliphatic heterocycles. The number of hydrogen-bond acceptors (Lipinski definition) is 6. The average Bonchev–Trinajstić information content (AvgIpc) is 3.21. The fourth-order valence-corrected chi connectivity index (χ4v) is 3.11. The number of rotatable bonds is 6. The standard InChI is InChI=1S/C19H14ClF4NO6/c20-14-6-10(19(22,23)24)7-15(21)17(14)31-11-3-4-16(25(27)28)13(8-11)18(26)30-9-12-2-1-5-29-12/h3-4,6-8,12H,1-2,5,9H2. The molecule has 1 heterocycles. The Bertz CT molecular complexity index is 984. The number of carbonyl (C=O) groups is 1. The molecule has 1 saturated heterocycles. The lowest BCUT2D eigenvalue weighted by Gasteiger charge is -2.13. The number of carbonyl (C=O) groups excluding carboxylic acids is 1. The number of nitrogens with zero attached hydrogens (tertiary/aromatic N) is 1. The van der Waals surface area contributed by atoms with Gasteiger partial charge in [0.05, 0.1) is 21.6 Å². The SMILES string of the molecule is O=C(OCC1CCCO1)c1cc(Oc2c(F)cc(C(F)(F)F)cc2Cl)ccc1[N+](=O)[O-]. The monoisotopic (exact) mass is 463 g/mol. The summed E-state index contributed by atoms with van der Waals surface area (Å²) in [5, 5.41) is 10.6. The number of ether oxygens (including phenoxy) is 3. The Morgan fingerprint density at radius 1 is 1.29 bits per heavy atom. The molecule has 1 atom stereocenters. The summed E-state index contributed by atoms with van der Waals surface area (Å²) < 4.78 is 68.0. The van der Waals surface area contributed by atoms with Gasteiger partial charge in [-0.2, -0.15) is 13.2 Å². The molecule has 31 heavy (non-hydrogen) atoms. The fraction of sp³-hybridized carbons (Fsp3) is 0.316. The summed E-state index contributed by atoms with van der Waals surface area (Å²) in [5.74, 6) is -3.44. The van der Waals surface area contributed by atoms with Crippen LogP contribution in [0.15, 0.2) is 30.3 Å². The van der Waals surface area contributed by atoms with E-state index in [1.807, 2.05) is 0 Å². The van der Waals surface area contributed by atoms with Crippen LogP contribution in [0, 0.1) is 15.9 Å². The zero-order valence-electron chi connectivity index (χ0n) is 15.6. The molecule has 1 fully saturated rings. The molecule has 0 amide bonds. The van der Waals surface area contributed by atoms with Crippen molar-refractivity contribution in [3.05, 3.63) is 62.4 Å². The Kier molecular flexibility index (Phi) is 6.65. The van der Waals surface area contributed by atoms with Gasteiger partial charge in [-0.3, -0.25) is 10.1 Å². The minimum Gasteiger partial charge on any atom is -0.459 e. The molecular formula is C19H14ClF4NO6. The van der Waals surface area contributed by atoms with Gasteiger partial charge in [-0.15, -0.1) is 0 Å². The Hall–Kier alpha value is -2.92. The fourth-order valence-electron chi connectivity index (χ4n) is 2.86. The second kappa shape index (κ2) is 9.06. The van der Waals surface area contributed by atoms with E-state index in [9.17, 15) is 32.5 Å². The third-order valence-corrected chi connectivity index (χ3v) is 4.64. The summed E-state index contributed by atoms with van der Waals surface area (Å²) in [7, 11) is 0. The molecule has 0 radical (unpaired) electrons. The zero-order valence-corrected chi connectivity index (χ0v) is 16.3. The first-order valence-electron chi connectivity index (χ1n) is 8.87. The van der Waals surface area contributed by atoms with E-state index in [2.05, 4.69) is 0 Å². The van der Waals surface area contributed by atoms with Crippen molar-refractivity contribution in [1.82, 2.24) is 0 Å². The van der Waals surface area contributed by atoms with E-state index in [-0.39, 0.29) is 24.5 Å². The van der Waals surface area contributed by atoms with Gasteiger partial charge in [0.15, 0.2) is 11.6 Å². The van der Waals surface area contributed by atoms with E-state index in [1.165, 1.54) is 0 Å². The molecule has 0 saturated carbocycles. The highest BCUT2D eigenvalue weighted by Crippen LogP contribution is 2.39. The van der Waals surface area contributed by atoms with Crippen molar-refractivity contribution < 1.29 is 41.5 Å².